The zero-order chi connectivity index (χ0) is 19.6. The number of anilines is 1. The lowest BCUT2D eigenvalue weighted by Gasteiger charge is -2.27. The van der Waals surface area contributed by atoms with Crippen molar-refractivity contribution in [1.29, 1.82) is 0 Å². The summed E-state index contributed by atoms with van der Waals surface area (Å²) in [6, 6.07) is 4.44. The SMILES string of the molecule is CC.CC.CC.c1cc2c(nc1CCCCCOC1CNC1)NCCC2. The minimum atomic E-state index is 0.475. The molecule has 2 N–H and O–H groups in total. The summed E-state index contributed by atoms with van der Waals surface area (Å²) in [5.74, 6) is 1.12. The zero-order valence-electron chi connectivity index (χ0n) is 18.2. The Bertz CT molecular complexity index is 433. The number of aromatic nitrogens is 1. The molecular weight excluding hydrogens is 322 g/mol. The lowest BCUT2D eigenvalue weighted by molar-refractivity contribution is 0.0170. The number of hydrogen-bond acceptors (Lipinski definition) is 4. The van der Waals surface area contributed by atoms with Crippen molar-refractivity contribution in [2.24, 2.45) is 0 Å². The smallest absolute Gasteiger partial charge is 0.129 e. The van der Waals surface area contributed by atoms with E-state index in [1.807, 2.05) is 41.5 Å². The lowest BCUT2D eigenvalue weighted by atomic mass is 10.1. The number of nitrogens with one attached hydrogen (secondary N) is 2. The van der Waals surface area contributed by atoms with Crippen molar-refractivity contribution in [1.82, 2.24) is 10.3 Å². The second-order valence-corrected chi connectivity index (χ2v) is 5.80. The van der Waals surface area contributed by atoms with Crippen LogP contribution in [0.2, 0.25) is 0 Å². The third-order valence-electron chi connectivity index (χ3n) is 4.13. The van der Waals surface area contributed by atoms with Crippen LogP contribution in [0.4, 0.5) is 5.82 Å². The van der Waals surface area contributed by atoms with Crippen LogP contribution in [0.25, 0.3) is 0 Å². The molecule has 0 unspecified atom stereocenters. The highest BCUT2D eigenvalue weighted by molar-refractivity contribution is 5.46. The highest BCUT2D eigenvalue weighted by atomic mass is 16.5. The first-order chi connectivity index (χ1) is 12.9. The van der Waals surface area contributed by atoms with Gasteiger partial charge in [0.1, 0.15) is 5.82 Å². The highest BCUT2D eigenvalue weighted by Gasteiger charge is 2.16. The summed E-state index contributed by atoms with van der Waals surface area (Å²) in [6.45, 7) is 16.0. The Hall–Kier alpha value is -1.13. The molecule has 26 heavy (non-hydrogen) atoms. The first-order valence-electron chi connectivity index (χ1n) is 11.0. The van der Waals surface area contributed by atoms with Gasteiger partial charge in [-0.15, -0.1) is 0 Å². The maximum atomic E-state index is 5.72. The Labute approximate surface area is 162 Å². The van der Waals surface area contributed by atoms with E-state index in [1.54, 1.807) is 0 Å². The molecule has 152 valence electrons. The topological polar surface area (TPSA) is 46.2 Å². The third kappa shape index (κ3) is 9.54. The number of nitrogens with zero attached hydrogens (tertiary/aromatic N) is 1. The molecule has 3 heterocycles. The van der Waals surface area contributed by atoms with Gasteiger partial charge in [0.25, 0.3) is 0 Å². The van der Waals surface area contributed by atoms with Crippen molar-refractivity contribution in [3.8, 4) is 0 Å². The predicted molar refractivity (Wildman–Crippen MR) is 115 cm³/mol. The predicted octanol–water partition coefficient (Wildman–Crippen LogP) is 5.22. The van der Waals surface area contributed by atoms with Crippen molar-refractivity contribution >= 4 is 5.82 Å². The summed E-state index contributed by atoms with van der Waals surface area (Å²) < 4.78 is 5.72. The molecule has 4 nitrogen and oxygen atoms in total. The zero-order valence-corrected chi connectivity index (χ0v) is 18.2. The van der Waals surface area contributed by atoms with Gasteiger partial charge in [-0.1, -0.05) is 54.0 Å². The number of fused-ring (bicyclic) bond motifs is 1. The van der Waals surface area contributed by atoms with E-state index in [2.05, 4.69) is 22.8 Å². The molecule has 0 bridgehead atoms. The monoisotopic (exact) mass is 365 g/mol. The summed E-state index contributed by atoms with van der Waals surface area (Å²) in [6.07, 6.45) is 7.56. The maximum absolute atomic E-state index is 5.72. The number of rotatable bonds is 7. The van der Waals surface area contributed by atoms with Crippen LogP contribution < -0.4 is 10.6 Å². The van der Waals surface area contributed by atoms with E-state index in [0.29, 0.717) is 6.10 Å². The second-order valence-electron chi connectivity index (χ2n) is 5.80. The van der Waals surface area contributed by atoms with Crippen molar-refractivity contribution in [2.45, 2.75) is 86.2 Å². The largest absolute Gasteiger partial charge is 0.376 e. The standard InChI is InChI=1S/C16H25N3O.3C2H6/c1(3-10-20-15-11-17-12-15)2-6-14-8-7-13-5-4-9-18-16(13)19-14;3*1-2/h7-8,15,17H,1-6,9-12H2,(H,18,19);3*1-2H3. The highest BCUT2D eigenvalue weighted by Crippen LogP contribution is 2.20. The molecule has 2 aliphatic rings. The molecule has 0 spiro atoms. The molecule has 0 radical (unpaired) electrons. The average Bonchev–Trinajstić information content (AvgIpc) is 2.70. The van der Waals surface area contributed by atoms with Gasteiger partial charge in [0, 0.05) is 31.9 Å². The van der Waals surface area contributed by atoms with Crippen LogP contribution in [-0.2, 0) is 17.6 Å². The third-order valence-corrected chi connectivity index (χ3v) is 4.13. The minimum Gasteiger partial charge on any atom is -0.376 e. The van der Waals surface area contributed by atoms with Gasteiger partial charge >= 0.3 is 0 Å². The number of unbranched alkanes of at least 4 members (excludes halogenated alkanes) is 2. The van der Waals surface area contributed by atoms with E-state index >= 15 is 0 Å². The normalized spacial score (nSPS) is 14.7. The minimum absolute atomic E-state index is 0.475. The van der Waals surface area contributed by atoms with Crippen LogP contribution in [0.3, 0.4) is 0 Å². The molecule has 2 aliphatic heterocycles. The molecule has 1 aromatic rings. The second kappa shape index (κ2) is 17.3. The van der Waals surface area contributed by atoms with E-state index in [-0.39, 0.29) is 0 Å². The van der Waals surface area contributed by atoms with Crippen LogP contribution in [0, 0.1) is 0 Å². The Morgan fingerprint density at radius 1 is 1.00 bits per heavy atom. The van der Waals surface area contributed by atoms with Gasteiger partial charge in [-0.2, -0.15) is 0 Å². The summed E-state index contributed by atoms with van der Waals surface area (Å²) in [5.41, 5.74) is 2.60. The van der Waals surface area contributed by atoms with Gasteiger partial charge in [0.2, 0.25) is 0 Å². The summed E-state index contributed by atoms with van der Waals surface area (Å²) >= 11 is 0. The fourth-order valence-electron chi connectivity index (χ4n) is 2.72. The van der Waals surface area contributed by atoms with Crippen molar-refractivity contribution < 1.29 is 4.74 Å². The number of aryl methyl sites for hydroxylation is 2. The Morgan fingerprint density at radius 2 is 1.73 bits per heavy atom. The summed E-state index contributed by atoms with van der Waals surface area (Å²) in [5, 5.41) is 6.62. The molecule has 0 aromatic carbocycles. The molecule has 1 saturated heterocycles. The molecule has 1 fully saturated rings. The quantitative estimate of drug-likeness (QED) is 0.650. The number of hydrogen-bond donors (Lipinski definition) is 2. The van der Waals surface area contributed by atoms with Crippen LogP contribution in [0.15, 0.2) is 12.1 Å². The number of ether oxygens (including phenoxy) is 1. The first-order valence-corrected chi connectivity index (χ1v) is 11.0. The Morgan fingerprint density at radius 3 is 2.38 bits per heavy atom. The summed E-state index contributed by atoms with van der Waals surface area (Å²) in [4.78, 5) is 4.73. The van der Waals surface area contributed by atoms with E-state index in [4.69, 9.17) is 9.72 Å². The van der Waals surface area contributed by atoms with Crippen LogP contribution in [0.1, 0.15) is 78.5 Å². The summed E-state index contributed by atoms with van der Waals surface area (Å²) in [7, 11) is 0. The van der Waals surface area contributed by atoms with E-state index in [1.165, 1.54) is 43.4 Å². The van der Waals surface area contributed by atoms with Gasteiger partial charge in [-0.25, -0.2) is 4.98 Å². The van der Waals surface area contributed by atoms with Gasteiger partial charge < -0.3 is 15.4 Å². The molecule has 0 atom stereocenters. The van der Waals surface area contributed by atoms with Gasteiger partial charge in [-0.3, -0.25) is 0 Å². The lowest BCUT2D eigenvalue weighted by Crippen LogP contribution is -2.48. The fourth-order valence-corrected chi connectivity index (χ4v) is 2.72. The molecule has 4 heteroatoms. The van der Waals surface area contributed by atoms with E-state index < -0.39 is 0 Å². The van der Waals surface area contributed by atoms with Crippen molar-refractivity contribution in [2.75, 3.05) is 31.6 Å². The average molecular weight is 366 g/mol. The van der Waals surface area contributed by atoms with Crippen molar-refractivity contribution in [3.05, 3.63) is 23.4 Å². The van der Waals surface area contributed by atoms with Crippen LogP contribution in [-0.4, -0.2) is 37.3 Å². The van der Waals surface area contributed by atoms with Crippen LogP contribution in [0.5, 0.6) is 0 Å². The van der Waals surface area contributed by atoms with Gasteiger partial charge in [-0.05, 0) is 43.7 Å². The molecule has 0 amide bonds. The van der Waals surface area contributed by atoms with Gasteiger partial charge in [0.05, 0.1) is 6.10 Å². The Kier molecular flexibility index (Phi) is 16.5. The van der Waals surface area contributed by atoms with E-state index in [0.717, 1.165) is 38.5 Å². The molecular formula is C22H43N3O. The Balaban J connectivity index is 0.000000948. The molecule has 0 aliphatic carbocycles. The van der Waals surface area contributed by atoms with Crippen molar-refractivity contribution in [3.63, 3.8) is 0 Å². The maximum Gasteiger partial charge on any atom is 0.129 e. The van der Waals surface area contributed by atoms with Crippen LogP contribution >= 0.6 is 0 Å². The molecule has 0 saturated carbocycles. The number of pyridine rings is 1. The fraction of sp³-hybridized carbons (Fsp3) is 0.773. The molecule has 3 rings (SSSR count). The van der Waals surface area contributed by atoms with Gasteiger partial charge in [0.15, 0.2) is 0 Å². The molecule has 1 aromatic heterocycles. The first kappa shape index (κ1) is 24.9. The van der Waals surface area contributed by atoms with E-state index in [9.17, 15) is 0 Å².